The van der Waals surface area contributed by atoms with Crippen LogP contribution in [0.3, 0.4) is 0 Å². The van der Waals surface area contributed by atoms with Crippen molar-refractivity contribution in [1.29, 1.82) is 0 Å². The lowest BCUT2D eigenvalue weighted by Crippen LogP contribution is -2.50. The molecule has 790 valence electrons. The molecule has 35 heteroatoms. The van der Waals surface area contributed by atoms with Crippen LogP contribution in [0.4, 0.5) is 0 Å². The summed E-state index contributed by atoms with van der Waals surface area (Å²) in [6, 6.07) is 0. The van der Waals surface area contributed by atoms with Crippen LogP contribution in [0, 0.1) is 181 Å². The molecular weight excluding hydrogens is 1850 g/mol. The largest absolute Gasteiger partial charge is 0.469 e. The van der Waals surface area contributed by atoms with Gasteiger partial charge in [-0.15, -0.1) is 0 Å². The fraction of sp³-hybridized carbons (Fsp3) is 0.841. The summed E-state index contributed by atoms with van der Waals surface area (Å²) in [6.45, 7) is 44.4. The van der Waals surface area contributed by atoms with E-state index < -0.39 is 93.8 Å². The average Bonchev–Trinajstić information content (AvgIpc) is 1.46. The molecule has 14 bridgehead atoms. The Morgan fingerprint density at radius 3 is 1.22 bits per heavy atom. The van der Waals surface area contributed by atoms with Crippen LogP contribution in [0.15, 0.2) is 0 Å². The zero-order valence-electron chi connectivity index (χ0n) is 87.0. The Labute approximate surface area is 831 Å². The number of rotatable bonds is 25. The standard InChI is InChI=1S/C18H26O6.C16H22O6.C16H24O4.C15H20O6.2C15H22O4.C12H16O5/c1-6-8(2)15(19)22-13-10-7-9-11(16(20)23-14(9)13)12(10)17(21)24-18(3,4)5;1-4-7(3)14(17)21-12-8-6-9-11(16(19)22-13(9)12)10(8)15(18)20-5-2;1-4-16(2,3)15(18)20-12-7-9-5-6-10(12)11-8-19-14(17)13(9)11;1-4-6(2)13(16)20-11-7-5-8-10(9(7)14(17)19-3)15(18)21-12(8)11;1-5-14(2,3)12(16)18-10-8-6-9-11(10)19-13(17)15(9,4)7-8;1-5-15(3,4)14(17)19-11-8-6-9-10(7(8)2)13(16)18-12(9)11;1-3-5(2)11(13)16-9-7-4-6-8(15-7)10(9)17-12(6)14/h8-14H,6-7H2,1-5H3;7-13H,4-6H2,1-3H3;9-13H,4-8H2,1-3H3;6-12H,4-5H2,1-3H3;8-11H,5-7H2,1-4H3;7-12H,5-6H2,1-4H3;5-10H,3-4H2,1-2H3. The van der Waals surface area contributed by atoms with Gasteiger partial charge in [0, 0.05) is 71.0 Å². The molecule has 9 saturated heterocycles. The molecule has 9 heterocycles. The Morgan fingerprint density at radius 1 is 0.380 bits per heavy atom. The lowest BCUT2D eigenvalue weighted by molar-refractivity contribution is -0.174. The van der Waals surface area contributed by atoms with E-state index >= 15 is 0 Å². The first-order chi connectivity index (χ1) is 66.8. The molecule has 0 N–H and O–H groups in total. The van der Waals surface area contributed by atoms with E-state index in [4.69, 9.17) is 85.3 Å². The van der Waals surface area contributed by atoms with E-state index in [2.05, 4.69) is 6.92 Å². The quantitative estimate of drug-likeness (QED) is 0.0605. The smallest absolute Gasteiger partial charge is 0.312 e. The van der Waals surface area contributed by atoms with Crippen molar-refractivity contribution in [3.05, 3.63) is 0 Å². The van der Waals surface area contributed by atoms with Crippen LogP contribution >= 0.6 is 0 Å². The highest BCUT2D eigenvalue weighted by atomic mass is 16.7. The fourth-order valence-corrected chi connectivity index (χ4v) is 27.0. The summed E-state index contributed by atoms with van der Waals surface area (Å²) in [4.78, 5) is 205. The van der Waals surface area contributed by atoms with Crippen LogP contribution in [-0.2, 0) is 167 Å². The zero-order valence-corrected chi connectivity index (χ0v) is 87.0. The average molecular weight is 2000 g/mol. The highest BCUT2D eigenvalue weighted by Gasteiger charge is 2.76. The first-order valence-electron chi connectivity index (χ1n) is 52.8. The third-order valence-electron chi connectivity index (χ3n) is 37.2. The fourth-order valence-electron chi connectivity index (χ4n) is 27.0. The second kappa shape index (κ2) is 41.0. The van der Waals surface area contributed by atoms with Gasteiger partial charge in [0.1, 0.15) is 78.8 Å². The van der Waals surface area contributed by atoms with Gasteiger partial charge in [-0.05, 0) is 197 Å². The van der Waals surface area contributed by atoms with Gasteiger partial charge < -0.3 is 85.3 Å². The second-order valence-electron chi connectivity index (χ2n) is 47.5. The van der Waals surface area contributed by atoms with Gasteiger partial charge in [0.2, 0.25) is 0 Å². The summed E-state index contributed by atoms with van der Waals surface area (Å²) in [5.74, 6) is -6.20. The van der Waals surface area contributed by atoms with Crippen molar-refractivity contribution in [1.82, 2.24) is 0 Å². The van der Waals surface area contributed by atoms with Gasteiger partial charge in [-0.25, -0.2) is 0 Å². The SMILES string of the molecule is CCC(C)(C)C(=O)OC1C2CC3C1OC(=O)C3(C)C2.CCC(C)(C)C(=O)OC1C2CC3C1OC(=O)C3C2C.CCC(C)(C)C(=O)OC1CC2CCC1C1COC(=O)C21.CCC(C)C(=O)OC1C2CC3C(=O)OC1C3O2.CCC(C)C(=O)OC1C2CC3C1OC(=O)C3C2C(=O)OC.CCC(C)C(=O)OC1C2CC3C1OC(=O)C3C2C(=O)OC(C)(C)C.CCOC(=O)C1C2CC3C(OC(=O)C31)C2OC(=O)C(C)CC. The number of hydrogen-bond donors (Lipinski definition) is 0. The molecule has 0 amide bonds. The molecular formula is C107H152O35. The normalized spacial score (nSPS) is 41.0. The summed E-state index contributed by atoms with van der Waals surface area (Å²) in [7, 11) is 1.31. The number of hydrogen-bond acceptors (Lipinski definition) is 35. The zero-order chi connectivity index (χ0) is 104. The van der Waals surface area contributed by atoms with Gasteiger partial charge in [0.05, 0.1) is 125 Å². The molecule has 9 aliphatic heterocycles. The van der Waals surface area contributed by atoms with Crippen LogP contribution < -0.4 is 0 Å². The van der Waals surface area contributed by atoms with Gasteiger partial charge in [-0.1, -0.05) is 83.1 Å². The number of esters is 17. The molecule has 35 nitrogen and oxygen atoms in total. The Hall–Kier alpha value is -9.05. The van der Waals surface area contributed by atoms with Crippen molar-refractivity contribution >= 4 is 101 Å². The van der Waals surface area contributed by atoms with E-state index in [0.717, 1.165) is 64.2 Å². The van der Waals surface area contributed by atoms with E-state index in [1.807, 2.05) is 118 Å². The van der Waals surface area contributed by atoms with Crippen molar-refractivity contribution in [3.8, 4) is 0 Å². The highest BCUT2D eigenvalue weighted by molar-refractivity contribution is 5.90. The molecule has 13 aliphatic carbocycles. The third-order valence-corrected chi connectivity index (χ3v) is 37.2. The lowest BCUT2D eigenvalue weighted by atomic mass is 9.58. The maximum absolute atomic E-state index is 12.6. The van der Waals surface area contributed by atoms with Gasteiger partial charge >= 0.3 is 101 Å². The van der Waals surface area contributed by atoms with Gasteiger partial charge in [0.25, 0.3) is 0 Å². The molecule has 0 radical (unpaired) electrons. The number of ether oxygens (including phenoxy) is 18. The number of fused-ring (bicyclic) bond motifs is 8. The Kier molecular flexibility index (Phi) is 30.9. The summed E-state index contributed by atoms with van der Waals surface area (Å²) < 4.78 is 98.2. The van der Waals surface area contributed by atoms with E-state index in [0.29, 0.717) is 75.2 Å². The van der Waals surface area contributed by atoms with Crippen LogP contribution in [0.1, 0.15) is 268 Å². The van der Waals surface area contributed by atoms with E-state index in [1.54, 1.807) is 34.6 Å². The monoisotopic (exact) mass is 2000 g/mol. The van der Waals surface area contributed by atoms with Crippen LogP contribution in [-0.4, -0.2) is 219 Å². The first-order valence-corrected chi connectivity index (χ1v) is 52.8. The van der Waals surface area contributed by atoms with Crippen molar-refractivity contribution in [3.63, 3.8) is 0 Å². The maximum Gasteiger partial charge on any atom is 0.312 e. The second-order valence-corrected chi connectivity index (χ2v) is 47.5. The van der Waals surface area contributed by atoms with Crippen LogP contribution in [0.2, 0.25) is 0 Å². The summed E-state index contributed by atoms with van der Waals surface area (Å²) in [5, 5.41) is 0. The van der Waals surface area contributed by atoms with Crippen molar-refractivity contribution in [2.45, 2.75) is 366 Å². The first kappa shape index (κ1) is 107. The molecule has 22 fully saturated rings. The van der Waals surface area contributed by atoms with E-state index in [1.165, 1.54) is 7.11 Å². The maximum atomic E-state index is 12.6. The number of methoxy groups -OCH3 is 1. The lowest BCUT2D eigenvalue weighted by Gasteiger charge is -2.47. The topological polar surface area (TPSA) is 456 Å². The van der Waals surface area contributed by atoms with Crippen molar-refractivity contribution < 1.29 is 167 Å². The Bertz CT molecular complexity index is 4870. The highest BCUT2D eigenvalue weighted by Crippen LogP contribution is 2.66. The minimum atomic E-state index is -0.621. The molecule has 0 aromatic heterocycles. The molecule has 13 saturated carbocycles. The minimum absolute atomic E-state index is 0.0113. The van der Waals surface area contributed by atoms with Crippen molar-refractivity contribution in [2.24, 2.45) is 181 Å². The van der Waals surface area contributed by atoms with E-state index in [9.17, 15) is 81.5 Å². The molecule has 22 aliphatic rings. The number of carbonyl (C=O) groups excluding carboxylic acids is 17. The number of carbonyl (C=O) groups is 17. The van der Waals surface area contributed by atoms with Gasteiger partial charge in [-0.2, -0.15) is 0 Å². The predicted molar refractivity (Wildman–Crippen MR) is 493 cm³/mol. The van der Waals surface area contributed by atoms with Crippen molar-refractivity contribution in [2.75, 3.05) is 20.3 Å². The Morgan fingerprint density at radius 2 is 0.782 bits per heavy atom. The van der Waals surface area contributed by atoms with E-state index in [-0.39, 0.29) is 269 Å². The minimum Gasteiger partial charge on any atom is -0.469 e. The summed E-state index contributed by atoms with van der Waals surface area (Å²) in [5.41, 5.74) is -2.29. The summed E-state index contributed by atoms with van der Waals surface area (Å²) >= 11 is 0. The number of cyclic esters (lactones) is 1. The molecule has 43 unspecified atom stereocenters. The molecule has 142 heavy (non-hydrogen) atoms. The molecule has 0 aromatic carbocycles. The van der Waals surface area contributed by atoms with Gasteiger partial charge in [0.15, 0.2) is 12.2 Å². The third kappa shape index (κ3) is 19.2. The van der Waals surface area contributed by atoms with Crippen LogP contribution in [0.25, 0.3) is 0 Å². The molecule has 0 spiro atoms. The summed E-state index contributed by atoms with van der Waals surface area (Å²) in [6.07, 6.45) is 8.74. The predicted octanol–water partition coefficient (Wildman–Crippen LogP) is 12.0. The molecule has 0 aromatic rings. The van der Waals surface area contributed by atoms with Gasteiger partial charge in [-0.3, -0.25) is 81.5 Å². The molecule has 43 atom stereocenters. The molecule has 22 rings (SSSR count). The Balaban J connectivity index is 0.000000125. The van der Waals surface area contributed by atoms with Crippen LogP contribution in [0.5, 0.6) is 0 Å².